The topological polar surface area (TPSA) is 63.2 Å². The Balaban J connectivity index is 2.30. The third-order valence-corrected chi connectivity index (χ3v) is 5.44. The number of amides is 1. The van der Waals surface area contributed by atoms with Gasteiger partial charge in [0.15, 0.2) is 0 Å². The Morgan fingerprint density at radius 1 is 1.35 bits per heavy atom. The van der Waals surface area contributed by atoms with Crippen molar-refractivity contribution in [2.75, 3.05) is 6.54 Å². The lowest BCUT2D eigenvalue weighted by Gasteiger charge is -2.12. The van der Waals surface area contributed by atoms with E-state index >= 15 is 0 Å². The molecular weight excluding hydrogens is 345 g/mol. The zero-order valence-corrected chi connectivity index (χ0v) is 13.6. The Morgan fingerprint density at radius 2 is 1.95 bits per heavy atom. The van der Waals surface area contributed by atoms with E-state index in [1.54, 1.807) is 0 Å². The molecule has 1 aromatic rings. The lowest BCUT2D eigenvalue weighted by molar-refractivity contribution is 0.0946. The molecule has 0 saturated heterocycles. The molecule has 0 aromatic heterocycles. The fraction of sp³-hybridized carbons (Fsp3) is 0.417. The number of carbonyl (C=O) groups is 1. The second-order valence-corrected chi connectivity index (χ2v) is 8.55. The first-order valence-corrected chi connectivity index (χ1v) is 8.91. The number of carbonyl (C=O) groups excluding carboxylic acids is 1. The van der Waals surface area contributed by atoms with Crippen molar-refractivity contribution in [1.82, 2.24) is 5.32 Å². The van der Waals surface area contributed by atoms with Crippen molar-refractivity contribution in [3.63, 3.8) is 0 Å². The molecule has 1 aliphatic carbocycles. The molecule has 0 aliphatic heterocycles. The van der Waals surface area contributed by atoms with Gasteiger partial charge in [-0.2, -0.15) is 0 Å². The van der Waals surface area contributed by atoms with Crippen LogP contribution < -0.4 is 5.32 Å². The SMILES string of the molecule is CC1(CNC(=O)c2cc(S(=O)(=O)Cl)cc(Cl)c2Cl)CC1. The zero-order valence-electron chi connectivity index (χ0n) is 10.5. The molecular formula is C12H12Cl3NO3S. The molecule has 0 atom stereocenters. The quantitative estimate of drug-likeness (QED) is 0.840. The maximum absolute atomic E-state index is 12.1. The molecule has 8 heteroatoms. The summed E-state index contributed by atoms with van der Waals surface area (Å²) in [4.78, 5) is 11.8. The predicted octanol–water partition coefficient (Wildman–Crippen LogP) is 3.45. The predicted molar refractivity (Wildman–Crippen MR) is 79.2 cm³/mol. The minimum Gasteiger partial charge on any atom is -0.351 e. The fourth-order valence-corrected chi connectivity index (χ4v) is 2.91. The monoisotopic (exact) mass is 355 g/mol. The van der Waals surface area contributed by atoms with Gasteiger partial charge in [-0.15, -0.1) is 0 Å². The summed E-state index contributed by atoms with van der Waals surface area (Å²) in [5, 5.41) is 2.71. The number of halogens is 3. The van der Waals surface area contributed by atoms with Crippen LogP contribution in [-0.4, -0.2) is 20.9 Å². The maximum atomic E-state index is 12.1. The van der Waals surface area contributed by atoms with Crippen molar-refractivity contribution >= 4 is 48.8 Å². The van der Waals surface area contributed by atoms with Crippen LogP contribution in [-0.2, 0) is 9.05 Å². The van der Waals surface area contributed by atoms with Crippen LogP contribution in [0.5, 0.6) is 0 Å². The van der Waals surface area contributed by atoms with E-state index in [4.69, 9.17) is 33.9 Å². The molecule has 2 rings (SSSR count). The molecule has 110 valence electrons. The van der Waals surface area contributed by atoms with Gasteiger partial charge in [-0.1, -0.05) is 30.1 Å². The van der Waals surface area contributed by atoms with Gasteiger partial charge in [-0.3, -0.25) is 4.79 Å². The van der Waals surface area contributed by atoms with Crippen molar-refractivity contribution in [2.24, 2.45) is 5.41 Å². The van der Waals surface area contributed by atoms with Gasteiger partial charge in [0.1, 0.15) is 0 Å². The van der Waals surface area contributed by atoms with Gasteiger partial charge >= 0.3 is 0 Å². The number of nitrogens with one attached hydrogen (secondary N) is 1. The average Bonchev–Trinajstić information content (AvgIpc) is 3.07. The third kappa shape index (κ3) is 3.58. The van der Waals surface area contributed by atoms with Crippen LogP contribution in [0.1, 0.15) is 30.1 Å². The van der Waals surface area contributed by atoms with Gasteiger partial charge in [0, 0.05) is 17.2 Å². The first-order chi connectivity index (χ1) is 9.12. The highest BCUT2D eigenvalue weighted by molar-refractivity contribution is 8.13. The van der Waals surface area contributed by atoms with E-state index in [0.29, 0.717) is 6.54 Å². The van der Waals surface area contributed by atoms with Crippen LogP contribution >= 0.6 is 33.9 Å². The van der Waals surface area contributed by atoms with E-state index < -0.39 is 15.0 Å². The Morgan fingerprint density at radius 3 is 2.45 bits per heavy atom. The molecule has 1 N–H and O–H groups in total. The molecule has 4 nitrogen and oxygen atoms in total. The first kappa shape index (κ1) is 15.9. The lowest BCUT2D eigenvalue weighted by atomic mass is 10.1. The van der Waals surface area contributed by atoms with E-state index in [1.165, 1.54) is 0 Å². The van der Waals surface area contributed by atoms with Gasteiger partial charge in [0.05, 0.1) is 20.5 Å². The van der Waals surface area contributed by atoms with Crippen molar-refractivity contribution in [3.8, 4) is 0 Å². The average molecular weight is 357 g/mol. The van der Waals surface area contributed by atoms with E-state index in [2.05, 4.69) is 12.2 Å². The zero-order chi connectivity index (χ0) is 15.1. The lowest BCUT2D eigenvalue weighted by Crippen LogP contribution is -2.29. The van der Waals surface area contributed by atoms with E-state index in [9.17, 15) is 13.2 Å². The molecule has 20 heavy (non-hydrogen) atoms. The summed E-state index contributed by atoms with van der Waals surface area (Å²) in [6, 6.07) is 2.24. The van der Waals surface area contributed by atoms with Crippen LogP contribution in [0.15, 0.2) is 17.0 Å². The second-order valence-electron chi connectivity index (χ2n) is 5.20. The molecule has 0 heterocycles. The molecule has 0 unspecified atom stereocenters. The number of hydrogen-bond acceptors (Lipinski definition) is 3. The Kier molecular flexibility index (Phi) is 4.27. The van der Waals surface area contributed by atoms with Crippen LogP contribution in [0.2, 0.25) is 10.0 Å². The minimum atomic E-state index is -3.98. The summed E-state index contributed by atoms with van der Waals surface area (Å²) < 4.78 is 22.7. The van der Waals surface area contributed by atoms with Gasteiger partial charge in [0.2, 0.25) is 0 Å². The summed E-state index contributed by atoms with van der Waals surface area (Å²) in [6.07, 6.45) is 2.11. The Labute approximate surface area is 131 Å². The molecule has 1 saturated carbocycles. The number of hydrogen-bond donors (Lipinski definition) is 1. The highest BCUT2D eigenvalue weighted by atomic mass is 35.7. The van der Waals surface area contributed by atoms with Crippen molar-refractivity contribution in [3.05, 3.63) is 27.7 Å². The summed E-state index contributed by atoms with van der Waals surface area (Å²) >= 11 is 11.8. The highest BCUT2D eigenvalue weighted by Gasteiger charge is 2.37. The Hall–Kier alpha value is -0.490. The summed E-state index contributed by atoms with van der Waals surface area (Å²) in [6.45, 7) is 2.57. The molecule has 0 bridgehead atoms. The van der Waals surface area contributed by atoms with E-state index in [0.717, 1.165) is 25.0 Å². The normalized spacial score (nSPS) is 16.8. The minimum absolute atomic E-state index is 0.00245. The molecule has 1 fully saturated rings. The molecule has 1 amide bonds. The van der Waals surface area contributed by atoms with Crippen LogP contribution in [0.3, 0.4) is 0 Å². The van der Waals surface area contributed by atoms with Crippen molar-refractivity contribution < 1.29 is 13.2 Å². The van der Waals surface area contributed by atoms with Gasteiger partial charge < -0.3 is 5.32 Å². The standard InChI is InChI=1S/C12H12Cl3NO3S/c1-12(2-3-12)6-16-11(17)8-4-7(20(15,18)19)5-9(13)10(8)14/h4-5H,2-3,6H2,1H3,(H,16,17). The van der Waals surface area contributed by atoms with E-state index in [1.807, 2.05) is 0 Å². The Bertz CT molecular complexity index is 669. The summed E-state index contributed by atoms with van der Waals surface area (Å²) in [7, 11) is 1.28. The van der Waals surface area contributed by atoms with Gasteiger partial charge in [-0.25, -0.2) is 8.42 Å². The summed E-state index contributed by atoms with van der Waals surface area (Å²) in [5.74, 6) is -0.466. The highest BCUT2D eigenvalue weighted by Crippen LogP contribution is 2.44. The van der Waals surface area contributed by atoms with Gasteiger partial charge in [-0.05, 0) is 30.4 Å². The van der Waals surface area contributed by atoms with Crippen molar-refractivity contribution in [2.45, 2.75) is 24.7 Å². The molecule has 1 aliphatic rings. The largest absolute Gasteiger partial charge is 0.351 e. The maximum Gasteiger partial charge on any atom is 0.261 e. The van der Waals surface area contributed by atoms with Gasteiger partial charge in [0.25, 0.3) is 15.0 Å². The first-order valence-electron chi connectivity index (χ1n) is 5.84. The van der Waals surface area contributed by atoms with Crippen LogP contribution in [0.4, 0.5) is 0 Å². The number of benzene rings is 1. The van der Waals surface area contributed by atoms with Crippen LogP contribution in [0.25, 0.3) is 0 Å². The second kappa shape index (κ2) is 5.37. The smallest absolute Gasteiger partial charge is 0.261 e. The third-order valence-electron chi connectivity index (χ3n) is 3.31. The van der Waals surface area contributed by atoms with E-state index in [-0.39, 0.29) is 25.9 Å². The fourth-order valence-electron chi connectivity index (χ4n) is 1.65. The molecule has 1 aromatic carbocycles. The summed E-state index contributed by atoms with van der Waals surface area (Å²) in [5.41, 5.74) is 0.130. The molecule has 0 spiro atoms. The molecule has 0 radical (unpaired) electrons. The van der Waals surface area contributed by atoms with Crippen molar-refractivity contribution in [1.29, 1.82) is 0 Å². The van der Waals surface area contributed by atoms with Crippen LogP contribution in [0, 0.1) is 5.41 Å². The number of rotatable bonds is 4.